The van der Waals surface area contributed by atoms with Crippen molar-refractivity contribution < 1.29 is 18.4 Å². The molecule has 0 aromatic heterocycles. The van der Waals surface area contributed by atoms with E-state index in [9.17, 15) is 18.4 Å². The molecule has 0 spiro atoms. The molecule has 1 aliphatic rings. The fourth-order valence-electron chi connectivity index (χ4n) is 3.70. The summed E-state index contributed by atoms with van der Waals surface area (Å²) in [6.45, 7) is 0. The third-order valence-corrected chi connectivity index (χ3v) is 7.66. The summed E-state index contributed by atoms with van der Waals surface area (Å²) < 4.78 is 27.0. The molecule has 1 saturated carbocycles. The number of nitrogens with one attached hydrogen (secondary N) is 2. The lowest BCUT2D eigenvalue weighted by Crippen LogP contribution is -2.19. The molecule has 4 rings (SSSR count). The van der Waals surface area contributed by atoms with E-state index in [2.05, 4.69) is 10.6 Å². The van der Waals surface area contributed by atoms with Gasteiger partial charge in [0.15, 0.2) is 0 Å². The summed E-state index contributed by atoms with van der Waals surface area (Å²) >= 11 is 30.8. The highest BCUT2D eigenvalue weighted by molar-refractivity contribution is 6.54. The average molecular weight is 590 g/mol. The summed E-state index contributed by atoms with van der Waals surface area (Å²) in [5.74, 6) is -4.90. The molecule has 36 heavy (non-hydrogen) atoms. The van der Waals surface area contributed by atoms with Crippen LogP contribution in [0.15, 0.2) is 48.5 Å². The minimum Gasteiger partial charge on any atom is -0.326 e. The number of hydrogen-bond acceptors (Lipinski definition) is 3. The van der Waals surface area contributed by atoms with Gasteiger partial charge < -0.3 is 10.6 Å². The van der Waals surface area contributed by atoms with Gasteiger partial charge in [-0.05, 0) is 54.1 Å². The Morgan fingerprint density at radius 1 is 0.917 bits per heavy atom. The maximum absolute atomic E-state index is 14.4. The predicted molar refractivity (Wildman–Crippen MR) is 136 cm³/mol. The van der Waals surface area contributed by atoms with Crippen LogP contribution in [0.1, 0.15) is 27.4 Å². The highest BCUT2D eigenvalue weighted by atomic mass is 35.5. The van der Waals surface area contributed by atoms with Gasteiger partial charge in [-0.3, -0.25) is 9.59 Å². The molecule has 2 N–H and O–H groups in total. The van der Waals surface area contributed by atoms with E-state index in [0.29, 0.717) is 5.56 Å². The second-order valence-electron chi connectivity index (χ2n) is 7.87. The number of halogens is 7. The van der Waals surface area contributed by atoms with Gasteiger partial charge in [0.2, 0.25) is 5.91 Å². The summed E-state index contributed by atoms with van der Waals surface area (Å²) in [5.41, 5.74) is -0.0688. The molecule has 0 radical (unpaired) electrons. The van der Waals surface area contributed by atoms with Crippen LogP contribution in [0, 0.1) is 28.9 Å². The van der Waals surface area contributed by atoms with Crippen molar-refractivity contribution in [2.45, 2.75) is 10.3 Å². The summed E-state index contributed by atoms with van der Waals surface area (Å²) in [5, 5.41) is 14.1. The fraction of sp³-hybridized carbons (Fsp3) is 0.125. The maximum Gasteiger partial charge on any atom is 0.258 e. The molecule has 3 aromatic rings. The molecule has 0 bridgehead atoms. The number of alkyl halides is 2. The van der Waals surface area contributed by atoms with Gasteiger partial charge >= 0.3 is 0 Å². The van der Waals surface area contributed by atoms with E-state index in [4.69, 9.17) is 63.3 Å². The highest BCUT2D eigenvalue weighted by Gasteiger charge is 2.67. The van der Waals surface area contributed by atoms with Gasteiger partial charge in [0.25, 0.3) is 5.91 Å². The lowest BCUT2D eigenvalue weighted by atomic mass is 10.1. The minimum absolute atomic E-state index is 0.0533. The largest absolute Gasteiger partial charge is 0.326 e. The fourth-order valence-corrected chi connectivity index (χ4v) is 5.14. The number of anilines is 2. The van der Waals surface area contributed by atoms with Crippen molar-refractivity contribution >= 4 is 81.2 Å². The van der Waals surface area contributed by atoms with Gasteiger partial charge in [-0.15, -0.1) is 23.2 Å². The monoisotopic (exact) mass is 587 g/mol. The Bertz CT molecular complexity index is 1440. The van der Waals surface area contributed by atoms with Crippen LogP contribution in [-0.2, 0) is 4.79 Å². The lowest BCUT2D eigenvalue weighted by Gasteiger charge is -2.10. The first kappa shape index (κ1) is 26.5. The van der Waals surface area contributed by atoms with E-state index in [-0.39, 0.29) is 32.0 Å². The SMILES string of the molecule is N#Cc1ccc(NC(=O)c2cc(NC(=O)[C@@H]3[C@@H](c4cc(Cl)c(Cl)c(Cl)c4)C3(Cl)Cl)ccc2F)c(F)c1. The molecule has 0 heterocycles. The van der Waals surface area contributed by atoms with Crippen LogP contribution in [0.2, 0.25) is 15.1 Å². The summed E-state index contributed by atoms with van der Waals surface area (Å²) in [4.78, 5) is 25.5. The molecule has 1 fully saturated rings. The zero-order valence-corrected chi connectivity index (χ0v) is 21.5. The Balaban J connectivity index is 1.52. The van der Waals surface area contributed by atoms with E-state index < -0.39 is 45.2 Å². The second kappa shape index (κ2) is 10.0. The quantitative estimate of drug-likeness (QED) is 0.238. The molecular weight excluding hydrogens is 578 g/mol. The third-order valence-electron chi connectivity index (χ3n) is 5.53. The van der Waals surface area contributed by atoms with Gasteiger partial charge in [-0.25, -0.2) is 8.78 Å². The summed E-state index contributed by atoms with van der Waals surface area (Å²) in [7, 11) is 0. The van der Waals surface area contributed by atoms with Crippen molar-refractivity contribution in [3.8, 4) is 6.07 Å². The van der Waals surface area contributed by atoms with Gasteiger partial charge in [-0.2, -0.15) is 5.26 Å². The topological polar surface area (TPSA) is 82.0 Å². The van der Waals surface area contributed by atoms with Crippen LogP contribution in [0.4, 0.5) is 20.2 Å². The van der Waals surface area contributed by atoms with Crippen LogP contribution in [0.3, 0.4) is 0 Å². The normalized spacial score (nSPS) is 17.7. The van der Waals surface area contributed by atoms with Crippen LogP contribution < -0.4 is 10.6 Å². The van der Waals surface area contributed by atoms with Crippen LogP contribution >= 0.6 is 58.0 Å². The van der Waals surface area contributed by atoms with Crippen LogP contribution in [0.25, 0.3) is 0 Å². The first-order valence-corrected chi connectivity index (χ1v) is 12.0. The van der Waals surface area contributed by atoms with Gasteiger partial charge in [0.05, 0.1) is 43.9 Å². The van der Waals surface area contributed by atoms with Gasteiger partial charge in [0.1, 0.15) is 16.0 Å². The Morgan fingerprint density at radius 3 is 2.19 bits per heavy atom. The van der Waals surface area contributed by atoms with Gasteiger partial charge in [0, 0.05) is 11.6 Å². The molecular formula is C24H12Cl5F2N3O2. The number of nitriles is 1. The lowest BCUT2D eigenvalue weighted by molar-refractivity contribution is -0.117. The number of amides is 2. The maximum atomic E-state index is 14.4. The van der Waals surface area contributed by atoms with Gasteiger partial charge in [-0.1, -0.05) is 34.8 Å². The summed E-state index contributed by atoms with van der Waals surface area (Å²) in [6.07, 6.45) is 0. The zero-order valence-electron chi connectivity index (χ0n) is 17.7. The van der Waals surface area contributed by atoms with Crippen molar-refractivity contribution in [3.05, 3.63) is 91.9 Å². The first-order chi connectivity index (χ1) is 16.9. The van der Waals surface area contributed by atoms with E-state index in [1.165, 1.54) is 30.3 Å². The molecule has 184 valence electrons. The van der Waals surface area contributed by atoms with Crippen molar-refractivity contribution in [1.29, 1.82) is 5.26 Å². The number of carbonyl (C=O) groups is 2. The predicted octanol–water partition coefficient (Wildman–Crippen LogP) is 7.57. The molecule has 2 amide bonds. The first-order valence-electron chi connectivity index (χ1n) is 10.1. The molecule has 2 atom stereocenters. The van der Waals surface area contributed by atoms with Crippen molar-refractivity contribution in [2.24, 2.45) is 5.92 Å². The van der Waals surface area contributed by atoms with Crippen molar-refractivity contribution in [2.75, 3.05) is 10.6 Å². The Labute approximate surface area is 228 Å². The molecule has 5 nitrogen and oxygen atoms in total. The van der Waals surface area contributed by atoms with Crippen LogP contribution in [-0.4, -0.2) is 16.1 Å². The molecule has 3 aromatic carbocycles. The van der Waals surface area contributed by atoms with E-state index in [0.717, 1.165) is 18.2 Å². The van der Waals surface area contributed by atoms with Crippen LogP contribution in [0.5, 0.6) is 0 Å². The zero-order chi connectivity index (χ0) is 26.4. The van der Waals surface area contributed by atoms with E-state index in [1.807, 2.05) is 0 Å². The molecule has 0 unspecified atom stereocenters. The Morgan fingerprint density at radius 2 is 1.58 bits per heavy atom. The number of benzene rings is 3. The standard InChI is InChI=1S/C24H12Cl5F2N3O2/c25-14-6-11(7-15(26)21(14)27)19-20(24(19,28)29)23(36)33-12-2-3-16(30)13(8-12)22(35)34-18-4-1-10(9-32)5-17(18)31/h1-8,19-20H,(H,33,36)(H,34,35)/t19-,20+/m1/s1. The molecule has 12 heteroatoms. The van der Waals surface area contributed by atoms with Crippen molar-refractivity contribution in [3.63, 3.8) is 0 Å². The number of rotatable bonds is 5. The van der Waals surface area contributed by atoms with E-state index in [1.54, 1.807) is 6.07 Å². The average Bonchev–Trinajstić information content (AvgIpc) is 3.41. The number of carbonyl (C=O) groups excluding carboxylic acids is 2. The number of nitrogens with zero attached hydrogens (tertiary/aromatic N) is 1. The molecule has 0 aliphatic heterocycles. The molecule has 0 saturated heterocycles. The second-order valence-corrected chi connectivity index (χ2v) is 10.5. The highest BCUT2D eigenvalue weighted by Crippen LogP contribution is 2.65. The van der Waals surface area contributed by atoms with E-state index >= 15 is 0 Å². The minimum atomic E-state index is -1.47. The van der Waals surface area contributed by atoms with Crippen molar-refractivity contribution in [1.82, 2.24) is 0 Å². The smallest absolute Gasteiger partial charge is 0.258 e. The third kappa shape index (κ3) is 5.10. The molecule has 1 aliphatic carbocycles. The number of hydrogen-bond donors (Lipinski definition) is 2. The summed E-state index contributed by atoms with van der Waals surface area (Å²) in [6, 6.07) is 11.5. The Kier molecular flexibility index (Phi) is 7.38. The Hall–Kier alpha value is -2.60.